The van der Waals surface area contributed by atoms with Crippen LogP contribution in [0.1, 0.15) is 34.0 Å². The van der Waals surface area contributed by atoms with Crippen LogP contribution in [-0.4, -0.2) is 18.5 Å². The van der Waals surface area contributed by atoms with Gasteiger partial charge < -0.3 is 14.8 Å². The Morgan fingerprint density at radius 2 is 1.71 bits per heavy atom. The van der Waals surface area contributed by atoms with Crippen LogP contribution in [-0.2, 0) is 16.1 Å². The maximum Gasteiger partial charge on any atom is 0.341 e. The normalized spacial score (nSPS) is 10.9. The first-order valence-corrected chi connectivity index (χ1v) is 12.9. The van der Waals surface area contributed by atoms with Crippen LogP contribution >= 0.6 is 11.3 Å². The second kappa shape index (κ2) is 12.5. The van der Waals surface area contributed by atoms with Crippen molar-refractivity contribution in [1.29, 1.82) is 5.26 Å². The number of hydrogen-bond acceptors (Lipinski definition) is 6. The fourth-order valence-electron chi connectivity index (χ4n) is 3.69. The second-order valence-electron chi connectivity index (χ2n) is 8.41. The molecule has 0 radical (unpaired) electrons. The summed E-state index contributed by atoms with van der Waals surface area (Å²) < 4.78 is 11.1. The number of carbonyl (C=O) groups excluding carboxylic acids is 2. The lowest BCUT2D eigenvalue weighted by Crippen LogP contribution is -2.16. The number of ether oxygens (including phenoxy) is 2. The van der Waals surface area contributed by atoms with Crippen LogP contribution < -0.4 is 10.1 Å². The highest BCUT2D eigenvalue weighted by Crippen LogP contribution is 2.36. The van der Waals surface area contributed by atoms with E-state index in [0.29, 0.717) is 28.5 Å². The molecule has 4 aromatic rings. The minimum atomic E-state index is -0.611. The van der Waals surface area contributed by atoms with E-state index < -0.39 is 11.9 Å². The summed E-state index contributed by atoms with van der Waals surface area (Å²) in [5.41, 5.74) is 4.49. The van der Waals surface area contributed by atoms with Gasteiger partial charge in [-0.05, 0) is 48.7 Å². The van der Waals surface area contributed by atoms with E-state index in [0.717, 1.165) is 16.7 Å². The molecule has 38 heavy (non-hydrogen) atoms. The summed E-state index contributed by atoms with van der Waals surface area (Å²) in [6.45, 7) is 4.35. The Kier molecular flexibility index (Phi) is 8.70. The molecule has 0 spiro atoms. The summed E-state index contributed by atoms with van der Waals surface area (Å²) >= 11 is 1.21. The van der Waals surface area contributed by atoms with Crippen molar-refractivity contribution in [2.75, 3.05) is 11.9 Å². The molecule has 1 amide bonds. The number of thiophene rings is 1. The Morgan fingerprint density at radius 3 is 2.37 bits per heavy atom. The van der Waals surface area contributed by atoms with Gasteiger partial charge in [-0.3, -0.25) is 4.79 Å². The number of amides is 1. The van der Waals surface area contributed by atoms with Crippen molar-refractivity contribution in [2.45, 2.75) is 20.5 Å². The van der Waals surface area contributed by atoms with Gasteiger partial charge in [0.1, 0.15) is 34.6 Å². The summed E-state index contributed by atoms with van der Waals surface area (Å²) in [7, 11) is 0. The molecule has 0 fully saturated rings. The highest BCUT2D eigenvalue weighted by molar-refractivity contribution is 7.15. The third kappa shape index (κ3) is 6.55. The van der Waals surface area contributed by atoms with E-state index in [2.05, 4.69) is 5.32 Å². The molecular weight excluding hydrogens is 496 g/mol. The zero-order valence-corrected chi connectivity index (χ0v) is 21.9. The highest BCUT2D eigenvalue weighted by atomic mass is 32.1. The van der Waals surface area contributed by atoms with E-state index in [4.69, 9.17) is 9.47 Å². The number of anilines is 1. The number of rotatable bonds is 9. The first-order valence-electron chi connectivity index (χ1n) is 12.0. The number of hydrogen-bond donors (Lipinski definition) is 1. The smallest absolute Gasteiger partial charge is 0.341 e. The predicted molar refractivity (Wildman–Crippen MR) is 150 cm³/mol. The highest BCUT2D eigenvalue weighted by Gasteiger charge is 2.23. The van der Waals surface area contributed by atoms with E-state index in [1.54, 1.807) is 36.6 Å². The zero-order chi connectivity index (χ0) is 26.9. The van der Waals surface area contributed by atoms with Gasteiger partial charge in [0.25, 0.3) is 5.91 Å². The van der Waals surface area contributed by atoms with Gasteiger partial charge in [-0.1, -0.05) is 72.3 Å². The Labute approximate surface area is 225 Å². The lowest BCUT2D eigenvalue weighted by molar-refractivity contribution is -0.112. The number of nitrogens with one attached hydrogen (secondary N) is 1. The molecule has 190 valence electrons. The van der Waals surface area contributed by atoms with Crippen molar-refractivity contribution in [3.8, 4) is 22.9 Å². The Morgan fingerprint density at radius 1 is 1.00 bits per heavy atom. The average Bonchev–Trinajstić information content (AvgIpc) is 3.35. The number of nitrogens with zero attached hydrogens (tertiary/aromatic N) is 1. The SMILES string of the molecule is CCOC(=O)c1c(-c2ccc(C)cc2)csc1NC(=O)/C(C#N)=C/c1ccc(OCc2ccccc2)cc1. The van der Waals surface area contributed by atoms with Crippen molar-refractivity contribution in [3.05, 3.63) is 112 Å². The van der Waals surface area contributed by atoms with Crippen molar-refractivity contribution in [3.63, 3.8) is 0 Å². The van der Waals surface area contributed by atoms with Crippen LogP contribution in [0.15, 0.2) is 89.8 Å². The maximum absolute atomic E-state index is 13.0. The zero-order valence-electron chi connectivity index (χ0n) is 21.1. The third-order valence-corrected chi connectivity index (χ3v) is 6.56. The Bertz CT molecular complexity index is 1480. The predicted octanol–water partition coefficient (Wildman–Crippen LogP) is 7.02. The fourth-order valence-corrected chi connectivity index (χ4v) is 4.64. The molecule has 3 aromatic carbocycles. The molecule has 0 atom stereocenters. The van der Waals surface area contributed by atoms with Gasteiger partial charge in [-0.2, -0.15) is 5.26 Å². The molecule has 0 aliphatic carbocycles. The van der Waals surface area contributed by atoms with Crippen molar-refractivity contribution >= 4 is 34.3 Å². The number of esters is 1. The monoisotopic (exact) mass is 522 g/mol. The number of aryl methyl sites for hydroxylation is 1. The fraction of sp³-hybridized carbons (Fsp3) is 0.129. The number of benzene rings is 3. The quantitative estimate of drug-likeness (QED) is 0.145. The van der Waals surface area contributed by atoms with Gasteiger partial charge in [-0.25, -0.2) is 4.79 Å². The molecule has 7 heteroatoms. The van der Waals surface area contributed by atoms with Crippen LogP contribution in [0.25, 0.3) is 17.2 Å². The molecule has 0 unspecified atom stereocenters. The van der Waals surface area contributed by atoms with Crippen molar-refractivity contribution in [1.82, 2.24) is 0 Å². The lowest BCUT2D eigenvalue weighted by Gasteiger charge is -2.09. The molecule has 0 bridgehead atoms. The first-order chi connectivity index (χ1) is 18.5. The molecule has 0 saturated carbocycles. The summed E-state index contributed by atoms with van der Waals surface area (Å²) in [6.07, 6.45) is 1.49. The molecular formula is C31H26N2O4S. The third-order valence-electron chi connectivity index (χ3n) is 5.66. The second-order valence-corrected chi connectivity index (χ2v) is 9.29. The molecule has 1 heterocycles. The Balaban J connectivity index is 1.51. The van der Waals surface area contributed by atoms with Gasteiger partial charge >= 0.3 is 5.97 Å². The van der Waals surface area contributed by atoms with Gasteiger partial charge in [0.15, 0.2) is 0 Å². The summed E-state index contributed by atoms with van der Waals surface area (Å²) in [4.78, 5) is 25.8. The van der Waals surface area contributed by atoms with Crippen molar-refractivity contribution < 1.29 is 19.1 Å². The molecule has 4 rings (SSSR count). The van der Waals surface area contributed by atoms with E-state index in [9.17, 15) is 14.9 Å². The van der Waals surface area contributed by atoms with E-state index in [1.807, 2.05) is 67.6 Å². The lowest BCUT2D eigenvalue weighted by atomic mass is 10.0. The van der Waals surface area contributed by atoms with Crippen LogP contribution in [0.4, 0.5) is 5.00 Å². The summed E-state index contributed by atoms with van der Waals surface area (Å²) in [5, 5.41) is 14.5. The van der Waals surface area contributed by atoms with Crippen LogP contribution in [0.3, 0.4) is 0 Å². The van der Waals surface area contributed by atoms with E-state index in [-0.39, 0.29) is 17.7 Å². The minimum absolute atomic E-state index is 0.0944. The molecule has 1 N–H and O–H groups in total. The minimum Gasteiger partial charge on any atom is -0.489 e. The Hall–Kier alpha value is -4.67. The largest absolute Gasteiger partial charge is 0.489 e. The van der Waals surface area contributed by atoms with Gasteiger partial charge in [0.05, 0.1) is 6.61 Å². The van der Waals surface area contributed by atoms with Crippen LogP contribution in [0, 0.1) is 18.3 Å². The van der Waals surface area contributed by atoms with Crippen LogP contribution in [0.2, 0.25) is 0 Å². The topological polar surface area (TPSA) is 88.4 Å². The maximum atomic E-state index is 13.0. The van der Waals surface area contributed by atoms with Crippen molar-refractivity contribution in [2.24, 2.45) is 0 Å². The molecule has 0 aliphatic heterocycles. The van der Waals surface area contributed by atoms with Crippen LogP contribution in [0.5, 0.6) is 5.75 Å². The first kappa shape index (κ1) is 26.4. The summed E-state index contributed by atoms with van der Waals surface area (Å²) in [5.74, 6) is -0.469. The average molecular weight is 523 g/mol. The molecule has 1 aromatic heterocycles. The van der Waals surface area contributed by atoms with E-state index in [1.165, 1.54) is 17.4 Å². The molecule has 6 nitrogen and oxygen atoms in total. The van der Waals surface area contributed by atoms with Gasteiger partial charge in [-0.15, -0.1) is 11.3 Å². The molecule has 0 saturated heterocycles. The summed E-state index contributed by atoms with van der Waals surface area (Å²) in [6, 6.07) is 26.6. The van der Waals surface area contributed by atoms with Gasteiger partial charge in [0, 0.05) is 10.9 Å². The standard InChI is InChI=1S/C31H26N2O4S/c1-3-36-31(35)28-27(24-13-9-21(2)10-14-24)20-38-30(28)33-29(34)25(18-32)17-22-11-15-26(16-12-22)37-19-23-7-5-4-6-8-23/h4-17,20H,3,19H2,1-2H3,(H,33,34)/b25-17+. The van der Waals surface area contributed by atoms with Gasteiger partial charge in [0.2, 0.25) is 0 Å². The molecule has 0 aliphatic rings. The number of nitriles is 1. The van der Waals surface area contributed by atoms with E-state index >= 15 is 0 Å². The number of carbonyl (C=O) groups is 2.